The zero-order chi connectivity index (χ0) is 11.5. The lowest BCUT2D eigenvalue weighted by Gasteiger charge is -2.11. The molecule has 0 atom stereocenters. The molecule has 7 heteroatoms. The molecule has 0 radical (unpaired) electrons. The van der Waals surface area contributed by atoms with Gasteiger partial charge >= 0.3 is 5.97 Å². The number of hydrogen-bond acceptors (Lipinski definition) is 3. The van der Waals surface area contributed by atoms with Gasteiger partial charge in [0.1, 0.15) is 6.54 Å². The molecule has 0 unspecified atom stereocenters. The van der Waals surface area contributed by atoms with Crippen LogP contribution in [0.4, 0.5) is 0 Å². The summed E-state index contributed by atoms with van der Waals surface area (Å²) < 4.78 is 24.0. The number of benzene rings is 1. The smallest absolute Gasteiger partial charge is 0.319 e. The first-order valence-corrected chi connectivity index (χ1v) is 6.05. The molecule has 0 aliphatic carbocycles. The van der Waals surface area contributed by atoms with Gasteiger partial charge in [0.15, 0.2) is 0 Å². The Morgan fingerprint density at radius 3 is 2.33 bits per heavy atom. The van der Waals surface area contributed by atoms with Crippen LogP contribution in [0.5, 0.6) is 0 Å². The molecule has 0 saturated heterocycles. The summed E-state index contributed by atoms with van der Waals surface area (Å²) in [7, 11) is -3.76. The highest BCUT2D eigenvalue weighted by Crippen LogP contribution is 2.17. The van der Waals surface area contributed by atoms with E-state index in [1.807, 2.05) is 0 Å². The van der Waals surface area contributed by atoms with Crippen LogP contribution in [0.2, 0.25) is 0 Å². The van der Waals surface area contributed by atoms with E-state index in [0.29, 0.717) is 3.33 Å². The van der Waals surface area contributed by atoms with Gasteiger partial charge in [0.25, 0.3) is 10.0 Å². The largest absolute Gasteiger partial charge is 0.480 e. The van der Waals surface area contributed by atoms with E-state index in [0.717, 1.165) is 0 Å². The van der Waals surface area contributed by atoms with Crippen molar-refractivity contribution in [1.29, 1.82) is 0 Å². The maximum Gasteiger partial charge on any atom is 0.319 e. The number of carboxylic acid groups (broad SMARTS) is 1. The molecular weight excluding hydrogens is 286 g/mol. The third kappa shape index (κ3) is 3.01. The Labute approximate surface area is 95.7 Å². The molecule has 1 aromatic carbocycles. The average Bonchev–Trinajstić information content (AvgIpc) is 2.18. The summed E-state index contributed by atoms with van der Waals surface area (Å²) in [6, 6.07) is 7.59. The summed E-state index contributed by atoms with van der Waals surface area (Å²) in [5, 5.41) is 8.46. The van der Waals surface area contributed by atoms with Gasteiger partial charge < -0.3 is 5.11 Å². The second-order valence-electron chi connectivity index (χ2n) is 2.66. The fourth-order valence-corrected chi connectivity index (χ4v) is 2.62. The normalized spacial score (nSPS) is 11.6. The van der Waals surface area contributed by atoms with Crippen molar-refractivity contribution < 1.29 is 18.3 Å². The number of carboxylic acids is 1. The van der Waals surface area contributed by atoms with E-state index in [1.165, 1.54) is 12.1 Å². The number of halogens is 1. The highest BCUT2D eigenvalue weighted by Gasteiger charge is 2.23. The summed E-state index contributed by atoms with van der Waals surface area (Å²) in [5.41, 5.74) is 0. The maximum absolute atomic E-state index is 11.7. The number of nitrogens with zero attached hydrogens (tertiary/aromatic N) is 1. The predicted octanol–water partition coefficient (Wildman–Crippen LogP) is 1.07. The highest BCUT2D eigenvalue weighted by atomic mass is 79.9. The Morgan fingerprint density at radius 1 is 1.33 bits per heavy atom. The van der Waals surface area contributed by atoms with Crippen LogP contribution >= 0.6 is 16.1 Å². The maximum atomic E-state index is 11.7. The molecule has 0 aromatic heterocycles. The minimum Gasteiger partial charge on any atom is -0.480 e. The lowest BCUT2D eigenvalue weighted by molar-refractivity contribution is -0.136. The molecule has 1 rings (SSSR count). The molecule has 1 N–H and O–H groups in total. The van der Waals surface area contributed by atoms with Crippen LogP contribution in [0.25, 0.3) is 0 Å². The highest BCUT2D eigenvalue weighted by molar-refractivity contribution is 9.08. The number of carbonyl (C=O) groups is 1. The molecule has 0 spiro atoms. The van der Waals surface area contributed by atoms with Gasteiger partial charge in [-0.3, -0.25) is 4.79 Å². The average molecular weight is 294 g/mol. The Balaban J connectivity index is 2.99. The van der Waals surface area contributed by atoms with E-state index in [2.05, 4.69) is 16.1 Å². The zero-order valence-corrected chi connectivity index (χ0v) is 9.90. The molecule has 0 heterocycles. The monoisotopic (exact) mass is 293 g/mol. The van der Waals surface area contributed by atoms with E-state index in [1.54, 1.807) is 18.2 Å². The van der Waals surface area contributed by atoms with Crippen molar-refractivity contribution in [3.05, 3.63) is 30.3 Å². The topological polar surface area (TPSA) is 74.7 Å². The van der Waals surface area contributed by atoms with Crippen LogP contribution in [0.1, 0.15) is 0 Å². The Morgan fingerprint density at radius 2 is 1.87 bits per heavy atom. The van der Waals surface area contributed by atoms with E-state index >= 15 is 0 Å². The standard InChI is InChI=1S/C8H8BrNO4S/c9-10(6-8(11)12)15(13,14)7-4-2-1-3-5-7/h1-5H,6H2,(H,11,12). The summed E-state index contributed by atoms with van der Waals surface area (Å²) in [6.45, 7) is -0.628. The van der Waals surface area contributed by atoms with Crippen LogP contribution < -0.4 is 0 Å². The summed E-state index contributed by atoms with van der Waals surface area (Å²) >= 11 is 2.70. The van der Waals surface area contributed by atoms with Gasteiger partial charge in [-0.05, 0) is 12.1 Å². The minimum atomic E-state index is -3.76. The van der Waals surface area contributed by atoms with Gasteiger partial charge in [0.05, 0.1) is 4.90 Å². The van der Waals surface area contributed by atoms with Crippen LogP contribution in [0, 0.1) is 0 Å². The first-order valence-electron chi connectivity index (χ1n) is 3.90. The second-order valence-corrected chi connectivity index (χ2v) is 5.85. The first-order chi connectivity index (χ1) is 6.94. The van der Waals surface area contributed by atoms with Gasteiger partial charge in [0, 0.05) is 16.1 Å². The van der Waals surface area contributed by atoms with Gasteiger partial charge in [-0.15, -0.1) is 3.33 Å². The molecular formula is C8H8BrNO4S. The molecule has 0 fully saturated rings. The Bertz CT molecular complexity index is 445. The van der Waals surface area contributed by atoms with Crippen molar-refractivity contribution in [3.8, 4) is 0 Å². The van der Waals surface area contributed by atoms with Crippen molar-refractivity contribution in [2.75, 3.05) is 6.54 Å². The van der Waals surface area contributed by atoms with E-state index in [-0.39, 0.29) is 4.90 Å². The summed E-state index contributed by atoms with van der Waals surface area (Å²) in [4.78, 5) is 10.4. The van der Waals surface area contributed by atoms with Gasteiger partial charge in [0.2, 0.25) is 0 Å². The van der Waals surface area contributed by atoms with Crippen molar-refractivity contribution in [2.45, 2.75) is 4.90 Å². The minimum absolute atomic E-state index is 0.0446. The Kier molecular flexibility index (Phi) is 3.83. The van der Waals surface area contributed by atoms with E-state index in [4.69, 9.17) is 5.11 Å². The third-order valence-electron chi connectivity index (χ3n) is 1.56. The number of hydrogen-bond donors (Lipinski definition) is 1. The molecule has 0 saturated carbocycles. The van der Waals surface area contributed by atoms with Crippen LogP contribution in [-0.4, -0.2) is 29.4 Å². The number of rotatable bonds is 4. The van der Waals surface area contributed by atoms with Crippen LogP contribution in [0.15, 0.2) is 35.2 Å². The molecule has 1 aromatic rings. The molecule has 82 valence electrons. The first kappa shape index (κ1) is 12.2. The van der Waals surface area contributed by atoms with Crippen molar-refractivity contribution in [2.24, 2.45) is 0 Å². The summed E-state index contributed by atoms with van der Waals surface area (Å²) in [5.74, 6) is -1.23. The van der Waals surface area contributed by atoms with E-state index < -0.39 is 22.5 Å². The quantitative estimate of drug-likeness (QED) is 0.843. The summed E-state index contributed by atoms with van der Waals surface area (Å²) in [6.07, 6.45) is 0. The van der Waals surface area contributed by atoms with Crippen molar-refractivity contribution in [1.82, 2.24) is 3.33 Å². The molecule has 5 nitrogen and oxygen atoms in total. The number of sulfonamides is 1. The molecule has 0 aliphatic heterocycles. The fourth-order valence-electron chi connectivity index (χ4n) is 0.898. The van der Waals surface area contributed by atoms with Gasteiger partial charge in [-0.2, -0.15) is 0 Å². The molecule has 0 bridgehead atoms. The molecule has 15 heavy (non-hydrogen) atoms. The van der Waals surface area contributed by atoms with Crippen LogP contribution in [0.3, 0.4) is 0 Å². The molecule has 0 aliphatic rings. The fraction of sp³-hybridized carbons (Fsp3) is 0.125. The SMILES string of the molecule is O=C(O)CN(Br)S(=O)(=O)c1ccccc1. The van der Waals surface area contributed by atoms with Gasteiger partial charge in [-0.25, -0.2) is 8.42 Å². The lowest BCUT2D eigenvalue weighted by Crippen LogP contribution is -2.27. The molecule has 0 amide bonds. The Hall–Kier alpha value is -0.920. The van der Waals surface area contributed by atoms with Gasteiger partial charge in [-0.1, -0.05) is 18.2 Å². The predicted molar refractivity (Wildman–Crippen MR) is 56.9 cm³/mol. The second kappa shape index (κ2) is 4.73. The lowest BCUT2D eigenvalue weighted by atomic mass is 10.4. The number of aliphatic carboxylic acids is 1. The van der Waals surface area contributed by atoms with Crippen molar-refractivity contribution >= 4 is 32.1 Å². The van der Waals surface area contributed by atoms with Crippen LogP contribution in [-0.2, 0) is 14.8 Å². The van der Waals surface area contributed by atoms with Crippen molar-refractivity contribution in [3.63, 3.8) is 0 Å². The van der Waals surface area contributed by atoms with E-state index in [9.17, 15) is 13.2 Å². The third-order valence-corrected chi connectivity index (χ3v) is 4.47. The zero-order valence-electron chi connectivity index (χ0n) is 7.50.